The first-order valence-corrected chi connectivity index (χ1v) is 12.8. The predicted molar refractivity (Wildman–Crippen MR) is 136 cm³/mol. The maximum Gasteiger partial charge on any atom is 0.303 e. The third-order valence-electron chi connectivity index (χ3n) is 7.00. The first-order chi connectivity index (χ1) is 17.0. The first kappa shape index (κ1) is 28.2. The molecule has 0 aromatic heterocycles. The summed E-state index contributed by atoms with van der Waals surface area (Å²) in [6, 6.07) is 10.9. The highest BCUT2D eigenvalue weighted by atomic mass is 19.2. The fraction of sp³-hybridized carbons (Fsp3) is 0.552. The third kappa shape index (κ3) is 8.36. The zero-order valence-electron chi connectivity index (χ0n) is 21.5. The van der Waals surface area contributed by atoms with Crippen molar-refractivity contribution in [3.8, 4) is 0 Å². The number of rotatable bonds is 14. The Hall–Kier alpha value is -2.35. The van der Waals surface area contributed by atoms with E-state index < -0.39 is 29.8 Å². The molecule has 0 amide bonds. The van der Waals surface area contributed by atoms with Crippen LogP contribution >= 0.6 is 0 Å². The van der Waals surface area contributed by atoms with Crippen molar-refractivity contribution >= 4 is 5.97 Å². The van der Waals surface area contributed by atoms with Crippen LogP contribution in [0.15, 0.2) is 36.4 Å². The fourth-order valence-electron chi connectivity index (χ4n) is 5.18. The maximum atomic E-state index is 14.0. The van der Waals surface area contributed by atoms with E-state index >= 15 is 0 Å². The van der Waals surface area contributed by atoms with Crippen molar-refractivity contribution in [3.05, 3.63) is 70.3 Å². The van der Waals surface area contributed by atoms with E-state index in [1.165, 1.54) is 11.1 Å². The standard InChI is InChI=1S/C29H39F2NO4/c1-19(25-15-27(31)26(30)14-23(25)10-6-7-11-28(34)35)36-18-24(33)17-32-29(2,3)16-20-12-21-8-4-5-9-22(21)13-20/h4-5,8-9,14-15,19-20,24,32-33H,6-7,10-13,16-18H2,1-3H3,(H,34,35)/t19-,24-/m1/s1. The molecular weight excluding hydrogens is 464 g/mol. The Morgan fingerprint density at radius 1 is 1.14 bits per heavy atom. The number of nitrogens with one attached hydrogen (secondary N) is 1. The van der Waals surface area contributed by atoms with Crippen LogP contribution in [0.2, 0.25) is 0 Å². The minimum atomic E-state index is -0.951. The summed E-state index contributed by atoms with van der Waals surface area (Å²) in [5.74, 6) is -2.19. The fourth-order valence-corrected chi connectivity index (χ4v) is 5.18. The molecule has 3 N–H and O–H groups in total. The van der Waals surface area contributed by atoms with E-state index in [0.29, 0.717) is 42.9 Å². The third-order valence-corrected chi connectivity index (χ3v) is 7.00. The lowest BCUT2D eigenvalue weighted by molar-refractivity contribution is -0.137. The minimum absolute atomic E-state index is 0.0360. The second-order valence-corrected chi connectivity index (χ2v) is 10.7. The summed E-state index contributed by atoms with van der Waals surface area (Å²) in [4.78, 5) is 10.7. The summed E-state index contributed by atoms with van der Waals surface area (Å²) < 4.78 is 33.6. The van der Waals surface area contributed by atoms with Gasteiger partial charge in [-0.3, -0.25) is 4.79 Å². The van der Waals surface area contributed by atoms with Crippen LogP contribution in [0.1, 0.15) is 74.8 Å². The lowest BCUT2D eigenvalue weighted by atomic mass is 9.88. The summed E-state index contributed by atoms with van der Waals surface area (Å²) in [5.41, 5.74) is 3.82. The van der Waals surface area contributed by atoms with Crippen molar-refractivity contribution in [1.29, 1.82) is 0 Å². The molecule has 0 aliphatic heterocycles. The molecule has 0 saturated carbocycles. The Kier molecular flexibility index (Phi) is 10.00. The van der Waals surface area contributed by atoms with Crippen LogP contribution < -0.4 is 5.32 Å². The molecular formula is C29H39F2NO4. The molecule has 0 unspecified atom stereocenters. The van der Waals surface area contributed by atoms with Crippen molar-refractivity contribution in [1.82, 2.24) is 5.32 Å². The van der Waals surface area contributed by atoms with Crippen LogP contribution in [0.4, 0.5) is 8.78 Å². The monoisotopic (exact) mass is 503 g/mol. The summed E-state index contributed by atoms with van der Waals surface area (Å²) in [6.45, 7) is 6.44. The van der Waals surface area contributed by atoms with Crippen LogP contribution in [0, 0.1) is 17.6 Å². The molecule has 198 valence electrons. The van der Waals surface area contributed by atoms with Gasteiger partial charge < -0.3 is 20.3 Å². The van der Waals surface area contributed by atoms with Gasteiger partial charge in [0.15, 0.2) is 11.6 Å². The van der Waals surface area contributed by atoms with Gasteiger partial charge in [0.1, 0.15) is 0 Å². The second kappa shape index (κ2) is 12.7. The highest BCUT2D eigenvalue weighted by Crippen LogP contribution is 2.32. The molecule has 0 heterocycles. The van der Waals surface area contributed by atoms with Crippen molar-refractivity contribution in [2.45, 2.75) is 83.5 Å². The van der Waals surface area contributed by atoms with Gasteiger partial charge in [-0.2, -0.15) is 0 Å². The van der Waals surface area contributed by atoms with Gasteiger partial charge in [0, 0.05) is 18.5 Å². The van der Waals surface area contributed by atoms with Gasteiger partial charge in [-0.15, -0.1) is 0 Å². The van der Waals surface area contributed by atoms with E-state index in [1.807, 2.05) is 0 Å². The van der Waals surface area contributed by atoms with Crippen LogP contribution in [0.5, 0.6) is 0 Å². The van der Waals surface area contributed by atoms with Gasteiger partial charge in [0.2, 0.25) is 0 Å². The summed E-state index contributed by atoms with van der Waals surface area (Å²) in [7, 11) is 0. The molecule has 3 rings (SSSR count). The average molecular weight is 504 g/mol. The Labute approximate surface area is 212 Å². The van der Waals surface area contributed by atoms with Gasteiger partial charge >= 0.3 is 5.97 Å². The number of β-amino-alcohol motifs (C(OH)–C–C–N with tert-alkyl or cyclic N) is 1. The number of fused-ring (bicyclic) bond motifs is 1. The molecule has 0 fully saturated rings. The Morgan fingerprint density at radius 2 is 1.78 bits per heavy atom. The van der Waals surface area contributed by atoms with Crippen LogP contribution in [-0.2, 0) is 28.8 Å². The lowest BCUT2D eigenvalue weighted by Gasteiger charge is -2.31. The number of carboxylic acid groups (broad SMARTS) is 1. The number of benzene rings is 2. The zero-order chi connectivity index (χ0) is 26.3. The number of aliphatic carboxylic acids is 1. The quantitative estimate of drug-likeness (QED) is 0.302. The van der Waals surface area contributed by atoms with Gasteiger partial charge in [-0.25, -0.2) is 8.78 Å². The van der Waals surface area contributed by atoms with Crippen molar-refractivity contribution in [2.24, 2.45) is 5.92 Å². The molecule has 0 radical (unpaired) electrons. The van der Waals surface area contributed by atoms with E-state index in [0.717, 1.165) is 31.4 Å². The van der Waals surface area contributed by atoms with E-state index in [9.17, 15) is 18.7 Å². The first-order valence-electron chi connectivity index (χ1n) is 12.8. The van der Waals surface area contributed by atoms with Gasteiger partial charge in [0.25, 0.3) is 0 Å². The summed E-state index contributed by atoms with van der Waals surface area (Å²) >= 11 is 0. The molecule has 2 aromatic rings. The molecule has 0 saturated heterocycles. The zero-order valence-corrected chi connectivity index (χ0v) is 21.5. The maximum absolute atomic E-state index is 14.0. The molecule has 36 heavy (non-hydrogen) atoms. The highest BCUT2D eigenvalue weighted by Gasteiger charge is 2.28. The smallest absolute Gasteiger partial charge is 0.303 e. The average Bonchev–Trinajstić information content (AvgIpc) is 3.22. The number of aryl methyl sites for hydroxylation is 1. The number of halogens is 2. The van der Waals surface area contributed by atoms with Gasteiger partial charge in [-0.05, 0) is 99.6 Å². The number of aliphatic hydroxyl groups is 1. The van der Waals surface area contributed by atoms with E-state index in [1.54, 1.807) is 6.92 Å². The number of hydrogen-bond donors (Lipinski definition) is 3. The Morgan fingerprint density at radius 3 is 2.42 bits per heavy atom. The molecule has 2 aromatic carbocycles. The second-order valence-electron chi connectivity index (χ2n) is 10.7. The lowest BCUT2D eigenvalue weighted by Crippen LogP contribution is -2.45. The predicted octanol–water partition coefficient (Wildman–Crippen LogP) is 5.37. The van der Waals surface area contributed by atoms with Crippen molar-refractivity contribution < 1.29 is 28.5 Å². The van der Waals surface area contributed by atoms with Crippen molar-refractivity contribution in [3.63, 3.8) is 0 Å². The normalized spacial score (nSPS) is 15.6. The number of ether oxygens (including phenoxy) is 1. The summed E-state index contributed by atoms with van der Waals surface area (Å²) in [6.07, 6.45) is 3.32. The highest BCUT2D eigenvalue weighted by molar-refractivity contribution is 5.66. The molecule has 0 bridgehead atoms. The van der Waals surface area contributed by atoms with Crippen LogP contribution in [-0.4, -0.2) is 41.0 Å². The molecule has 7 heteroatoms. The van der Waals surface area contributed by atoms with E-state index in [-0.39, 0.29) is 18.6 Å². The van der Waals surface area contributed by atoms with Gasteiger partial charge in [0.05, 0.1) is 18.8 Å². The number of unbranched alkanes of at least 4 members (excludes halogenated alkanes) is 1. The molecule has 1 aliphatic rings. The SMILES string of the molecule is C[C@@H](OC[C@H](O)CNC(C)(C)CC1Cc2ccccc2C1)c1cc(F)c(F)cc1CCCCC(=O)O. The minimum Gasteiger partial charge on any atom is -0.481 e. The van der Waals surface area contributed by atoms with Gasteiger partial charge in [-0.1, -0.05) is 24.3 Å². The van der Waals surface area contributed by atoms with E-state index in [4.69, 9.17) is 9.84 Å². The van der Waals surface area contributed by atoms with Crippen molar-refractivity contribution in [2.75, 3.05) is 13.2 Å². The Bertz CT molecular complexity index is 1000. The summed E-state index contributed by atoms with van der Waals surface area (Å²) in [5, 5.41) is 22.8. The largest absolute Gasteiger partial charge is 0.481 e. The van der Waals surface area contributed by atoms with E-state index in [2.05, 4.69) is 43.4 Å². The molecule has 0 spiro atoms. The van der Waals surface area contributed by atoms with Crippen LogP contribution in [0.25, 0.3) is 0 Å². The van der Waals surface area contributed by atoms with Crippen LogP contribution in [0.3, 0.4) is 0 Å². The molecule has 2 atom stereocenters. The molecule has 1 aliphatic carbocycles. The topological polar surface area (TPSA) is 78.8 Å². The molecule has 5 nitrogen and oxygen atoms in total. The number of aliphatic hydroxyl groups excluding tert-OH is 1. The Balaban J connectivity index is 1.47. The number of carboxylic acids is 1. The number of hydrogen-bond acceptors (Lipinski definition) is 4. The number of carbonyl (C=O) groups is 1.